The maximum absolute atomic E-state index is 12.7. The highest BCUT2D eigenvalue weighted by Gasteiger charge is 2.25. The molecule has 0 fully saturated rings. The fourth-order valence-corrected chi connectivity index (χ4v) is 5.26. The number of fused-ring (bicyclic) bond motifs is 1. The van der Waals surface area contributed by atoms with Crippen LogP contribution in [0.25, 0.3) is 6.08 Å². The summed E-state index contributed by atoms with van der Waals surface area (Å²) in [5.41, 5.74) is 2.70. The number of allylic oxidation sites excluding steroid dienone is 1. The lowest BCUT2D eigenvalue weighted by Gasteiger charge is -2.13. The zero-order valence-corrected chi connectivity index (χ0v) is 18.1. The Kier molecular flexibility index (Phi) is 5.53. The van der Waals surface area contributed by atoms with Crippen molar-refractivity contribution in [3.63, 3.8) is 0 Å². The van der Waals surface area contributed by atoms with Crippen molar-refractivity contribution in [1.29, 1.82) is 0 Å². The van der Waals surface area contributed by atoms with Crippen LogP contribution in [0.5, 0.6) is 5.75 Å². The van der Waals surface area contributed by atoms with Crippen LogP contribution >= 0.6 is 43.6 Å². The van der Waals surface area contributed by atoms with Gasteiger partial charge in [-0.15, -0.1) is 0 Å². The molecule has 0 unspecified atom stereocenters. The van der Waals surface area contributed by atoms with Crippen molar-refractivity contribution in [1.82, 2.24) is 0 Å². The molecule has 1 heterocycles. The molecule has 0 atom stereocenters. The predicted octanol–water partition coefficient (Wildman–Crippen LogP) is 7.12. The van der Waals surface area contributed by atoms with Crippen LogP contribution in [0.3, 0.4) is 0 Å². The van der Waals surface area contributed by atoms with Gasteiger partial charge in [0.2, 0.25) is 5.78 Å². The van der Waals surface area contributed by atoms with Crippen molar-refractivity contribution in [2.75, 3.05) is 0 Å². The molecule has 0 bridgehead atoms. The summed E-state index contributed by atoms with van der Waals surface area (Å²) >= 11 is 8.62. The second kappa shape index (κ2) is 8.05. The van der Waals surface area contributed by atoms with Crippen molar-refractivity contribution in [2.45, 2.75) is 11.5 Å². The van der Waals surface area contributed by atoms with E-state index in [4.69, 9.17) is 4.74 Å². The van der Waals surface area contributed by atoms with E-state index >= 15 is 0 Å². The molecule has 0 spiro atoms. The zero-order chi connectivity index (χ0) is 18.8. The Bertz CT molecular complexity index is 1050. The number of carbonyl (C=O) groups excluding carboxylic acids is 1. The Labute approximate surface area is 178 Å². The largest absolute Gasteiger partial charge is 0.487 e. The van der Waals surface area contributed by atoms with Crippen molar-refractivity contribution in [2.24, 2.45) is 0 Å². The summed E-state index contributed by atoms with van der Waals surface area (Å²) in [5.74, 6) is 0.777. The lowest BCUT2D eigenvalue weighted by molar-refractivity contribution is 0.104. The molecular formula is C22H14Br2O2S. The van der Waals surface area contributed by atoms with Gasteiger partial charge in [-0.25, -0.2) is 0 Å². The molecule has 0 amide bonds. The Morgan fingerprint density at radius 3 is 2.48 bits per heavy atom. The van der Waals surface area contributed by atoms with Crippen LogP contribution in [0.2, 0.25) is 0 Å². The second-order valence-electron chi connectivity index (χ2n) is 6.02. The van der Waals surface area contributed by atoms with E-state index in [1.807, 2.05) is 72.8 Å². The average Bonchev–Trinajstić information content (AvgIpc) is 2.98. The van der Waals surface area contributed by atoms with Crippen molar-refractivity contribution in [3.8, 4) is 5.75 Å². The van der Waals surface area contributed by atoms with Gasteiger partial charge in [-0.2, -0.15) is 0 Å². The van der Waals surface area contributed by atoms with Gasteiger partial charge in [0, 0.05) is 20.5 Å². The molecular weight excluding hydrogens is 488 g/mol. The van der Waals surface area contributed by atoms with Gasteiger partial charge in [0.05, 0.1) is 9.38 Å². The SMILES string of the molecule is O=C1/C(=C/c2cc(Br)cc(Br)c2OCc2ccccc2)Sc2ccccc21. The monoisotopic (exact) mass is 500 g/mol. The standard InChI is InChI=1S/C22H14Br2O2S/c23-16-10-15(11-20-21(25)17-8-4-5-9-19(17)27-20)22(18(24)12-16)26-13-14-6-2-1-3-7-14/h1-12H,13H2/b20-11-. The van der Waals surface area contributed by atoms with Crippen LogP contribution in [0, 0.1) is 0 Å². The normalized spacial score (nSPS) is 14.4. The van der Waals surface area contributed by atoms with Crippen molar-refractivity contribution in [3.05, 3.63) is 97.3 Å². The average molecular weight is 502 g/mol. The van der Waals surface area contributed by atoms with Crippen LogP contribution in [0.15, 0.2) is 85.5 Å². The number of thioether (sulfide) groups is 1. The quantitative estimate of drug-likeness (QED) is 0.356. The first kappa shape index (κ1) is 18.5. The fraction of sp³-hybridized carbons (Fsp3) is 0.0455. The number of carbonyl (C=O) groups is 1. The molecule has 27 heavy (non-hydrogen) atoms. The first-order chi connectivity index (χ1) is 13.1. The van der Waals surface area contributed by atoms with Gasteiger partial charge in [0.15, 0.2) is 0 Å². The minimum Gasteiger partial charge on any atom is -0.487 e. The summed E-state index contributed by atoms with van der Waals surface area (Å²) in [4.78, 5) is 14.4. The highest BCUT2D eigenvalue weighted by Crippen LogP contribution is 2.43. The summed E-state index contributed by atoms with van der Waals surface area (Å²) in [6.45, 7) is 0.457. The number of halogens is 2. The fourth-order valence-electron chi connectivity index (χ4n) is 2.85. The first-order valence-electron chi connectivity index (χ1n) is 8.31. The summed E-state index contributed by atoms with van der Waals surface area (Å²) in [6, 6.07) is 21.6. The highest BCUT2D eigenvalue weighted by atomic mass is 79.9. The molecule has 4 rings (SSSR count). The Balaban J connectivity index is 1.68. The number of ether oxygens (including phenoxy) is 1. The zero-order valence-electron chi connectivity index (χ0n) is 14.1. The van der Waals surface area contributed by atoms with E-state index in [-0.39, 0.29) is 5.78 Å². The van der Waals surface area contributed by atoms with Crippen molar-refractivity contribution >= 4 is 55.5 Å². The Hall–Kier alpha value is -1.82. The maximum Gasteiger partial charge on any atom is 0.200 e. The van der Waals surface area contributed by atoms with Gasteiger partial charge < -0.3 is 4.74 Å². The molecule has 0 aliphatic carbocycles. The van der Waals surface area contributed by atoms with Gasteiger partial charge in [-0.1, -0.05) is 70.2 Å². The Morgan fingerprint density at radius 1 is 0.963 bits per heavy atom. The van der Waals surface area contributed by atoms with Crippen LogP contribution in [0.4, 0.5) is 0 Å². The molecule has 0 aromatic heterocycles. The summed E-state index contributed by atoms with van der Waals surface area (Å²) in [5, 5.41) is 0. The van der Waals surface area contributed by atoms with Gasteiger partial charge in [0.1, 0.15) is 12.4 Å². The van der Waals surface area contributed by atoms with Crippen LogP contribution in [0.1, 0.15) is 21.5 Å². The molecule has 134 valence electrons. The molecule has 1 aliphatic heterocycles. The van der Waals surface area contributed by atoms with E-state index in [0.29, 0.717) is 11.5 Å². The lowest BCUT2D eigenvalue weighted by atomic mass is 10.1. The third-order valence-electron chi connectivity index (χ3n) is 4.13. The summed E-state index contributed by atoms with van der Waals surface area (Å²) in [6.07, 6.45) is 1.91. The summed E-state index contributed by atoms with van der Waals surface area (Å²) in [7, 11) is 0. The number of ketones is 1. The second-order valence-corrected chi connectivity index (χ2v) is 8.87. The van der Waals surface area contributed by atoms with E-state index < -0.39 is 0 Å². The minimum absolute atomic E-state index is 0.0562. The van der Waals surface area contributed by atoms with E-state index in [1.54, 1.807) is 0 Å². The van der Waals surface area contributed by atoms with E-state index in [1.165, 1.54) is 11.8 Å². The number of rotatable bonds is 4. The van der Waals surface area contributed by atoms with E-state index in [9.17, 15) is 4.79 Å². The Morgan fingerprint density at radius 2 is 1.70 bits per heavy atom. The number of hydrogen-bond acceptors (Lipinski definition) is 3. The smallest absolute Gasteiger partial charge is 0.200 e. The van der Waals surface area contributed by atoms with Crippen LogP contribution in [-0.4, -0.2) is 5.78 Å². The molecule has 0 N–H and O–H groups in total. The molecule has 0 saturated heterocycles. The minimum atomic E-state index is 0.0562. The maximum atomic E-state index is 12.7. The third-order valence-corrected chi connectivity index (χ3v) is 6.27. The van der Waals surface area contributed by atoms with Gasteiger partial charge in [-0.05, 0) is 51.8 Å². The number of Topliss-reactive ketones (excluding diaryl/α,β-unsaturated/α-hetero) is 1. The number of hydrogen-bond donors (Lipinski definition) is 0. The van der Waals surface area contributed by atoms with Gasteiger partial charge in [-0.3, -0.25) is 4.79 Å². The van der Waals surface area contributed by atoms with Gasteiger partial charge >= 0.3 is 0 Å². The van der Waals surface area contributed by atoms with E-state index in [2.05, 4.69) is 31.9 Å². The van der Waals surface area contributed by atoms with Crippen LogP contribution < -0.4 is 4.74 Å². The first-order valence-corrected chi connectivity index (χ1v) is 10.7. The molecule has 0 radical (unpaired) electrons. The molecule has 1 aliphatic rings. The van der Waals surface area contributed by atoms with E-state index in [0.717, 1.165) is 36.3 Å². The molecule has 0 saturated carbocycles. The highest BCUT2D eigenvalue weighted by molar-refractivity contribution is 9.11. The molecule has 2 nitrogen and oxygen atoms in total. The lowest BCUT2D eigenvalue weighted by Crippen LogP contribution is -1.99. The van der Waals surface area contributed by atoms with Crippen molar-refractivity contribution < 1.29 is 9.53 Å². The third kappa shape index (κ3) is 4.05. The molecule has 3 aromatic carbocycles. The van der Waals surface area contributed by atoms with Crippen LogP contribution in [-0.2, 0) is 6.61 Å². The van der Waals surface area contributed by atoms with Gasteiger partial charge in [0.25, 0.3) is 0 Å². The topological polar surface area (TPSA) is 26.3 Å². The number of benzene rings is 3. The molecule has 3 aromatic rings. The predicted molar refractivity (Wildman–Crippen MR) is 117 cm³/mol. The summed E-state index contributed by atoms with van der Waals surface area (Å²) < 4.78 is 7.86. The molecule has 5 heteroatoms.